The average Bonchev–Trinajstić information content (AvgIpc) is 3.20. The summed E-state index contributed by atoms with van der Waals surface area (Å²) in [6.45, 7) is 0. The van der Waals surface area contributed by atoms with Gasteiger partial charge in [0.25, 0.3) is 5.91 Å². The van der Waals surface area contributed by atoms with Crippen molar-refractivity contribution in [1.29, 1.82) is 0 Å². The third-order valence-electron chi connectivity index (χ3n) is 5.35. The van der Waals surface area contributed by atoms with Gasteiger partial charge < -0.3 is 0 Å². The Morgan fingerprint density at radius 3 is 2.57 bits per heavy atom. The Balaban J connectivity index is 1.52. The minimum absolute atomic E-state index is 0.249. The van der Waals surface area contributed by atoms with Crippen LogP contribution < -0.4 is 5.43 Å². The second-order valence-corrected chi connectivity index (χ2v) is 7.67. The molecule has 4 nitrogen and oxygen atoms in total. The molecule has 3 aromatic carbocycles. The number of carbonyl (C=O) groups excluding carboxylic acids is 1. The van der Waals surface area contributed by atoms with Gasteiger partial charge in [0.1, 0.15) is 0 Å². The van der Waals surface area contributed by atoms with Crippen molar-refractivity contribution in [2.24, 2.45) is 5.10 Å². The number of fused-ring (bicyclic) bond motifs is 2. The minimum atomic E-state index is -0.249. The molecule has 0 spiro atoms. The number of nitrogens with zero attached hydrogens (tertiary/aromatic N) is 2. The fraction of sp³-hybridized carbons (Fsp3) is 0.0800. The molecule has 5 rings (SSSR count). The lowest BCUT2D eigenvalue weighted by atomic mass is 10.0. The smallest absolute Gasteiger partial charge is 0.267 e. The van der Waals surface area contributed by atoms with Crippen molar-refractivity contribution < 1.29 is 4.79 Å². The van der Waals surface area contributed by atoms with E-state index in [-0.39, 0.29) is 5.91 Å². The van der Waals surface area contributed by atoms with Crippen LogP contribution in [-0.4, -0.2) is 16.6 Å². The topological polar surface area (TPSA) is 54.4 Å². The van der Waals surface area contributed by atoms with Crippen LogP contribution >= 0.6 is 11.6 Å². The van der Waals surface area contributed by atoms with Crippen LogP contribution in [0, 0.1) is 0 Å². The van der Waals surface area contributed by atoms with Crippen molar-refractivity contribution in [3.8, 4) is 11.3 Å². The van der Waals surface area contributed by atoms with E-state index in [1.54, 1.807) is 0 Å². The van der Waals surface area contributed by atoms with Crippen molar-refractivity contribution in [2.75, 3.05) is 0 Å². The summed E-state index contributed by atoms with van der Waals surface area (Å²) in [6, 6.07) is 25.1. The first-order chi connectivity index (χ1) is 14.7. The molecule has 0 unspecified atom stereocenters. The maximum absolute atomic E-state index is 13.1. The number of pyridine rings is 1. The lowest BCUT2D eigenvalue weighted by molar-refractivity contribution is 0.0956. The standard InChI is InChI=1S/C25H18ClN3O/c26-18-12-9-17(10-13-18)24-15-21(20-7-3-4-8-22(20)27-24)25(30)29-28-23-14-11-16-5-1-2-6-19(16)23/h1-10,12-13,15H,11,14H2,(H,29,30)/b28-23+. The van der Waals surface area contributed by atoms with Crippen LogP contribution in [-0.2, 0) is 6.42 Å². The van der Waals surface area contributed by atoms with Gasteiger partial charge >= 0.3 is 0 Å². The zero-order valence-electron chi connectivity index (χ0n) is 16.1. The molecule has 1 aliphatic carbocycles. The third-order valence-corrected chi connectivity index (χ3v) is 5.60. The summed E-state index contributed by atoms with van der Waals surface area (Å²) < 4.78 is 0. The van der Waals surface area contributed by atoms with Crippen LogP contribution in [0.15, 0.2) is 84.0 Å². The number of para-hydroxylation sites is 1. The predicted molar refractivity (Wildman–Crippen MR) is 121 cm³/mol. The summed E-state index contributed by atoms with van der Waals surface area (Å²) >= 11 is 6.02. The van der Waals surface area contributed by atoms with E-state index >= 15 is 0 Å². The van der Waals surface area contributed by atoms with Gasteiger partial charge in [0.15, 0.2) is 0 Å². The van der Waals surface area contributed by atoms with Crippen LogP contribution in [0.4, 0.5) is 0 Å². The Morgan fingerprint density at radius 2 is 1.70 bits per heavy atom. The Morgan fingerprint density at radius 1 is 0.933 bits per heavy atom. The molecule has 0 fully saturated rings. The van der Waals surface area contributed by atoms with Gasteiger partial charge in [-0.2, -0.15) is 5.10 Å². The molecule has 1 amide bonds. The highest BCUT2D eigenvalue weighted by Crippen LogP contribution is 2.26. The number of amides is 1. The van der Waals surface area contributed by atoms with E-state index in [0.29, 0.717) is 10.6 Å². The van der Waals surface area contributed by atoms with E-state index in [4.69, 9.17) is 16.6 Å². The highest BCUT2D eigenvalue weighted by atomic mass is 35.5. The van der Waals surface area contributed by atoms with Gasteiger partial charge in [-0.1, -0.05) is 66.2 Å². The summed E-state index contributed by atoms with van der Waals surface area (Å²) in [4.78, 5) is 17.8. The predicted octanol–water partition coefficient (Wildman–Crippen LogP) is 5.64. The molecule has 1 heterocycles. The minimum Gasteiger partial charge on any atom is -0.267 e. The molecular formula is C25H18ClN3O. The second-order valence-electron chi connectivity index (χ2n) is 7.24. The van der Waals surface area contributed by atoms with Gasteiger partial charge in [-0.3, -0.25) is 4.79 Å². The van der Waals surface area contributed by atoms with Crippen molar-refractivity contribution in [2.45, 2.75) is 12.8 Å². The molecule has 0 saturated carbocycles. The molecule has 0 bridgehead atoms. The van der Waals surface area contributed by atoms with Crippen molar-refractivity contribution in [3.63, 3.8) is 0 Å². The third kappa shape index (κ3) is 3.46. The molecule has 0 aliphatic heterocycles. The first-order valence-corrected chi connectivity index (χ1v) is 10.2. The monoisotopic (exact) mass is 411 g/mol. The van der Waals surface area contributed by atoms with E-state index in [2.05, 4.69) is 16.6 Å². The lowest BCUT2D eigenvalue weighted by Crippen LogP contribution is -2.20. The number of hydrogen-bond acceptors (Lipinski definition) is 3. The van der Waals surface area contributed by atoms with Gasteiger partial charge in [-0.25, -0.2) is 10.4 Å². The van der Waals surface area contributed by atoms with Crippen LogP contribution in [0.5, 0.6) is 0 Å². The molecule has 0 radical (unpaired) electrons. The summed E-state index contributed by atoms with van der Waals surface area (Å²) in [5, 5.41) is 5.89. The van der Waals surface area contributed by atoms with Crippen LogP contribution in [0.2, 0.25) is 5.02 Å². The fourth-order valence-corrected chi connectivity index (χ4v) is 3.96. The van der Waals surface area contributed by atoms with E-state index in [0.717, 1.165) is 46.3 Å². The van der Waals surface area contributed by atoms with Crippen molar-refractivity contribution in [1.82, 2.24) is 10.4 Å². The molecule has 0 saturated heterocycles. The molecule has 146 valence electrons. The zero-order valence-corrected chi connectivity index (χ0v) is 16.9. The average molecular weight is 412 g/mol. The van der Waals surface area contributed by atoms with Crippen molar-refractivity contribution >= 4 is 34.1 Å². The zero-order chi connectivity index (χ0) is 20.5. The molecule has 1 aromatic heterocycles. The Bertz CT molecular complexity index is 1300. The quantitative estimate of drug-likeness (QED) is 0.444. The van der Waals surface area contributed by atoms with Gasteiger partial charge in [0, 0.05) is 21.5 Å². The number of aryl methyl sites for hydroxylation is 1. The number of carbonyl (C=O) groups is 1. The van der Waals surface area contributed by atoms with Crippen LogP contribution in [0.1, 0.15) is 27.9 Å². The lowest BCUT2D eigenvalue weighted by Gasteiger charge is -2.09. The molecule has 1 N–H and O–H groups in total. The molecule has 1 aliphatic rings. The fourth-order valence-electron chi connectivity index (χ4n) is 3.83. The summed E-state index contributed by atoms with van der Waals surface area (Å²) in [6.07, 6.45) is 1.77. The van der Waals surface area contributed by atoms with E-state index < -0.39 is 0 Å². The van der Waals surface area contributed by atoms with Gasteiger partial charge in [0.2, 0.25) is 0 Å². The molecule has 4 aromatic rings. The highest BCUT2D eigenvalue weighted by Gasteiger charge is 2.18. The Hall–Kier alpha value is -3.50. The van der Waals surface area contributed by atoms with E-state index in [1.807, 2.05) is 72.8 Å². The molecule has 30 heavy (non-hydrogen) atoms. The number of halogens is 1. The van der Waals surface area contributed by atoms with E-state index in [9.17, 15) is 4.79 Å². The largest absolute Gasteiger partial charge is 0.272 e. The maximum Gasteiger partial charge on any atom is 0.272 e. The van der Waals surface area contributed by atoms with Crippen LogP contribution in [0.25, 0.3) is 22.2 Å². The summed E-state index contributed by atoms with van der Waals surface area (Å²) in [5.74, 6) is -0.249. The number of nitrogens with one attached hydrogen (secondary N) is 1. The maximum atomic E-state index is 13.1. The number of rotatable bonds is 3. The SMILES string of the molecule is O=C(N/N=C1\CCc2ccccc21)c1cc(-c2ccc(Cl)cc2)nc2ccccc12. The van der Waals surface area contributed by atoms with E-state index in [1.165, 1.54) is 5.56 Å². The Labute approximate surface area is 179 Å². The first-order valence-electron chi connectivity index (χ1n) is 9.80. The Kier molecular flexibility index (Phi) is 4.77. The number of aromatic nitrogens is 1. The molecular weight excluding hydrogens is 394 g/mol. The van der Waals surface area contributed by atoms with Gasteiger partial charge in [-0.15, -0.1) is 0 Å². The normalized spacial score (nSPS) is 14.1. The second kappa shape index (κ2) is 7.73. The molecule has 0 atom stereocenters. The number of hydrogen-bond donors (Lipinski definition) is 1. The number of benzene rings is 3. The van der Waals surface area contributed by atoms with Gasteiger partial charge in [-0.05, 0) is 42.7 Å². The highest BCUT2D eigenvalue weighted by molar-refractivity contribution is 6.30. The van der Waals surface area contributed by atoms with Crippen molar-refractivity contribution in [3.05, 3.63) is 101 Å². The number of hydrazone groups is 1. The summed E-state index contributed by atoms with van der Waals surface area (Å²) in [7, 11) is 0. The van der Waals surface area contributed by atoms with Gasteiger partial charge in [0.05, 0.1) is 22.5 Å². The summed E-state index contributed by atoms with van der Waals surface area (Å²) in [5.41, 5.74) is 8.97. The molecule has 5 heteroatoms. The van der Waals surface area contributed by atoms with Crippen LogP contribution in [0.3, 0.4) is 0 Å². The first kappa shape index (κ1) is 18.5.